The molecule has 122 valence electrons. The Morgan fingerprint density at radius 1 is 1.21 bits per heavy atom. The van der Waals surface area contributed by atoms with E-state index in [2.05, 4.69) is 27.1 Å². The molecule has 0 fully saturated rings. The Balaban J connectivity index is 2.02. The lowest BCUT2D eigenvalue weighted by molar-refractivity contribution is 0.386. The maximum atomic E-state index is 14.1. The monoisotopic (exact) mass is 324 g/mol. The summed E-state index contributed by atoms with van der Waals surface area (Å²) in [6.07, 6.45) is 2.74. The Hall–Kier alpha value is -2.89. The first kappa shape index (κ1) is 14.7. The first-order valence-electron chi connectivity index (χ1n) is 7.82. The molecule has 0 amide bonds. The first-order valence-corrected chi connectivity index (χ1v) is 7.82. The smallest absolute Gasteiger partial charge is 0.165 e. The van der Waals surface area contributed by atoms with Crippen molar-refractivity contribution in [3.05, 3.63) is 41.5 Å². The van der Waals surface area contributed by atoms with Crippen molar-refractivity contribution < 1.29 is 9.13 Å². The number of nitrogens with one attached hydrogen (secondary N) is 2. The van der Waals surface area contributed by atoms with Crippen LogP contribution in [0.15, 0.2) is 24.4 Å². The number of hydrogen-bond donors (Lipinski definition) is 2. The highest BCUT2D eigenvalue weighted by atomic mass is 19.1. The zero-order chi connectivity index (χ0) is 16.8. The van der Waals surface area contributed by atoms with Gasteiger partial charge >= 0.3 is 0 Å². The molecule has 3 heterocycles. The van der Waals surface area contributed by atoms with Crippen LogP contribution in [-0.2, 0) is 6.42 Å². The van der Waals surface area contributed by atoms with Gasteiger partial charge in [-0.25, -0.2) is 14.4 Å². The summed E-state index contributed by atoms with van der Waals surface area (Å²) in [6, 6.07) is 4.92. The molecule has 2 N–H and O–H groups in total. The largest absolute Gasteiger partial charge is 0.494 e. The Kier molecular flexibility index (Phi) is 3.26. The van der Waals surface area contributed by atoms with E-state index in [1.807, 2.05) is 19.2 Å². The van der Waals surface area contributed by atoms with E-state index in [-0.39, 0.29) is 5.75 Å². The van der Waals surface area contributed by atoms with Crippen LogP contribution in [0.2, 0.25) is 0 Å². The molecule has 4 rings (SSSR count). The van der Waals surface area contributed by atoms with Crippen LogP contribution >= 0.6 is 0 Å². The maximum Gasteiger partial charge on any atom is 0.165 e. The fourth-order valence-electron chi connectivity index (χ4n) is 3.21. The van der Waals surface area contributed by atoms with Crippen LogP contribution < -0.4 is 4.74 Å². The van der Waals surface area contributed by atoms with E-state index in [0.717, 1.165) is 50.9 Å². The number of hydrogen-bond acceptors (Lipinski definition) is 3. The Bertz CT molecular complexity index is 1060. The standard InChI is InChI=1S/C18H17FN4O/c1-4-10-8-20-18-15(10)17-14(9(2)21-18)16(22-23-17)11-5-6-13(24-3)12(19)7-11/h5-8,22-23H,4H2,1-3H3. The minimum atomic E-state index is -0.395. The van der Waals surface area contributed by atoms with Gasteiger partial charge in [-0.2, -0.15) is 0 Å². The van der Waals surface area contributed by atoms with Crippen molar-refractivity contribution in [2.45, 2.75) is 20.3 Å². The van der Waals surface area contributed by atoms with Gasteiger partial charge in [-0.1, -0.05) is 6.92 Å². The highest BCUT2D eigenvalue weighted by Gasteiger charge is 2.17. The molecule has 0 aliphatic carbocycles. The normalized spacial score (nSPS) is 11.5. The third-order valence-electron chi connectivity index (χ3n) is 4.41. The average molecular weight is 324 g/mol. The van der Waals surface area contributed by atoms with E-state index in [1.165, 1.54) is 13.2 Å². The number of aromatic amines is 2. The fraction of sp³-hybridized carbons (Fsp3) is 0.222. The Morgan fingerprint density at radius 3 is 2.75 bits per heavy atom. The molecule has 4 aromatic rings. The van der Waals surface area contributed by atoms with Crippen molar-refractivity contribution in [3.8, 4) is 17.0 Å². The number of benzene rings is 1. The van der Waals surface area contributed by atoms with Gasteiger partial charge in [0.2, 0.25) is 0 Å². The zero-order valence-corrected chi connectivity index (χ0v) is 13.7. The van der Waals surface area contributed by atoms with Gasteiger partial charge in [0.15, 0.2) is 17.2 Å². The van der Waals surface area contributed by atoms with E-state index >= 15 is 0 Å². The molecule has 0 aliphatic rings. The summed E-state index contributed by atoms with van der Waals surface area (Å²) in [5.74, 6) is -0.169. The van der Waals surface area contributed by atoms with Gasteiger partial charge in [0.05, 0.1) is 24.0 Å². The number of pyridine rings is 1. The van der Waals surface area contributed by atoms with Crippen LogP contribution in [0.5, 0.6) is 5.75 Å². The van der Waals surface area contributed by atoms with Crippen molar-refractivity contribution in [2.75, 3.05) is 7.11 Å². The highest BCUT2D eigenvalue weighted by molar-refractivity contribution is 6.09. The molecule has 0 bridgehead atoms. The third-order valence-corrected chi connectivity index (χ3v) is 4.41. The molecule has 0 spiro atoms. The lowest BCUT2D eigenvalue weighted by atomic mass is 10.0. The van der Waals surface area contributed by atoms with Gasteiger partial charge in [0, 0.05) is 22.5 Å². The molecule has 0 saturated carbocycles. The number of fused-ring (bicyclic) bond motifs is 3. The van der Waals surface area contributed by atoms with Crippen LogP contribution in [0.1, 0.15) is 18.2 Å². The van der Waals surface area contributed by atoms with Crippen LogP contribution in [0.4, 0.5) is 4.39 Å². The van der Waals surface area contributed by atoms with Crippen LogP contribution in [0.25, 0.3) is 33.2 Å². The Morgan fingerprint density at radius 2 is 2.04 bits per heavy atom. The van der Waals surface area contributed by atoms with Crippen molar-refractivity contribution in [1.82, 2.24) is 20.2 Å². The Labute approximate surface area is 137 Å². The van der Waals surface area contributed by atoms with Gasteiger partial charge in [0.25, 0.3) is 0 Å². The summed E-state index contributed by atoms with van der Waals surface area (Å²) in [4.78, 5) is 9.02. The molecular weight excluding hydrogens is 307 g/mol. The van der Waals surface area contributed by atoms with Crippen LogP contribution in [0.3, 0.4) is 0 Å². The maximum absolute atomic E-state index is 14.1. The number of ether oxygens (including phenoxy) is 1. The molecule has 24 heavy (non-hydrogen) atoms. The van der Waals surface area contributed by atoms with Crippen LogP contribution in [0, 0.1) is 12.7 Å². The van der Waals surface area contributed by atoms with E-state index < -0.39 is 5.82 Å². The molecule has 0 aliphatic heterocycles. The van der Waals surface area contributed by atoms with Crippen LogP contribution in [-0.4, -0.2) is 27.3 Å². The van der Waals surface area contributed by atoms with E-state index in [1.54, 1.807) is 6.07 Å². The van der Waals surface area contributed by atoms with Crippen molar-refractivity contribution >= 4 is 21.9 Å². The number of nitrogens with zero attached hydrogens (tertiary/aromatic N) is 2. The predicted molar refractivity (Wildman–Crippen MR) is 91.8 cm³/mol. The summed E-state index contributed by atoms with van der Waals surface area (Å²) >= 11 is 0. The predicted octanol–water partition coefficient (Wildman–Crippen LogP) is 4.12. The quantitative estimate of drug-likeness (QED) is 0.595. The van der Waals surface area contributed by atoms with Gasteiger partial charge in [-0.15, -0.1) is 0 Å². The highest BCUT2D eigenvalue weighted by Crippen LogP contribution is 2.35. The molecule has 0 radical (unpaired) electrons. The lowest BCUT2D eigenvalue weighted by Crippen LogP contribution is -1.90. The number of methoxy groups -OCH3 is 1. The van der Waals surface area contributed by atoms with Gasteiger partial charge < -0.3 is 4.74 Å². The molecule has 0 unspecified atom stereocenters. The number of rotatable bonds is 3. The molecule has 1 aromatic carbocycles. The van der Waals surface area contributed by atoms with E-state index in [0.29, 0.717) is 0 Å². The van der Waals surface area contributed by atoms with Gasteiger partial charge in [-0.3, -0.25) is 10.2 Å². The second kappa shape index (κ2) is 5.33. The number of halogens is 1. The molecule has 6 heteroatoms. The second-order valence-corrected chi connectivity index (χ2v) is 5.76. The van der Waals surface area contributed by atoms with E-state index in [9.17, 15) is 4.39 Å². The molecule has 5 nitrogen and oxygen atoms in total. The topological polar surface area (TPSA) is 66.6 Å². The second-order valence-electron chi connectivity index (χ2n) is 5.76. The van der Waals surface area contributed by atoms with Gasteiger partial charge in [0.1, 0.15) is 0 Å². The zero-order valence-electron chi connectivity index (χ0n) is 13.7. The van der Waals surface area contributed by atoms with Gasteiger partial charge in [-0.05, 0) is 37.1 Å². The van der Waals surface area contributed by atoms with Crippen molar-refractivity contribution in [3.63, 3.8) is 0 Å². The summed E-state index contributed by atoms with van der Waals surface area (Å²) < 4.78 is 19.1. The summed E-state index contributed by atoms with van der Waals surface area (Å²) in [5, 5.41) is 8.37. The van der Waals surface area contributed by atoms with Crippen molar-refractivity contribution in [2.24, 2.45) is 0 Å². The minimum Gasteiger partial charge on any atom is -0.494 e. The average Bonchev–Trinajstić information content (AvgIpc) is 3.18. The SMILES string of the molecule is CCc1cnc2nc(C)c3c(-c4ccc(OC)c(F)c4)[nH][nH]c3c12. The first-order chi connectivity index (χ1) is 11.6. The molecule has 0 saturated heterocycles. The fourth-order valence-corrected chi connectivity index (χ4v) is 3.21. The molecule has 3 aromatic heterocycles. The third kappa shape index (κ3) is 1.99. The number of H-pyrrole nitrogens is 2. The number of aryl methyl sites for hydroxylation is 2. The van der Waals surface area contributed by atoms with E-state index in [4.69, 9.17) is 4.74 Å². The summed E-state index contributed by atoms with van der Waals surface area (Å²) in [6.45, 7) is 4.03. The minimum absolute atomic E-state index is 0.226. The summed E-state index contributed by atoms with van der Waals surface area (Å²) in [5.41, 5.74) is 5.23. The number of aromatic nitrogens is 4. The molecular formula is C18H17FN4O. The summed E-state index contributed by atoms with van der Waals surface area (Å²) in [7, 11) is 1.45. The lowest BCUT2D eigenvalue weighted by Gasteiger charge is -2.05. The molecule has 0 atom stereocenters. The van der Waals surface area contributed by atoms with Crippen molar-refractivity contribution in [1.29, 1.82) is 0 Å².